The average molecular weight is 484 g/mol. The first-order valence-electron chi connectivity index (χ1n) is 12.7. The van der Waals surface area contributed by atoms with Gasteiger partial charge >= 0.3 is 0 Å². The van der Waals surface area contributed by atoms with Crippen molar-refractivity contribution in [3.8, 4) is 17.2 Å². The molecule has 3 aromatic carbocycles. The predicted molar refractivity (Wildman–Crippen MR) is 143 cm³/mol. The molecule has 1 saturated heterocycles. The molecule has 1 fully saturated rings. The van der Waals surface area contributed by atoms with Crippen LogP contribution in [0, 0.1) is 6.92 Å². The van der Waals surface area contributed by atoms with Crippen molar-refractivity contribution in [2.24, 2.45) is 4.99 Å². The van der Waals surface area contributed by atoms with Crippen molar-refractivity contribution < 1.29 is 14.3 Å². The zero-order chi connectivity index (χ0) is 25.1. The third-order valence-electron chi connectivity index (χ3n) is 7.00. The summed E-state index contributed by atoms with van der Waals surface area (Å²) in [6.07, 6.45) is 1.66. The number of carbonyl (C=O) groups excluding carboxylic acids is 1. The lowest BCUT2D eigenvalue weighted by atomic mass is 9.95. The summed E-state index contributed by atoms with van der Waals surface area (Å²) in [6.45, 7) is 7.04. The molecule has 0 N–H and O–H groups in total. The van der Waals surface area contributed by atoms with Crippen molar-refractivity contribution in [3.05, 3.63) is 83.4 Å². The van der Waals surface area contributed by atoms with E-state index in [-0.39, 0.29) is 11.8 Å². The normalized spacial score (nSPS) is 16.0. The number of hydrogen-bond acceptors (Lipinski definition) is 5. The first-order chi connectivity index (χ1) is 17.6. The van der Waals surface area contributed by atoms with E-state index in [0.29, 0.717) is 13.1 Å². The first kappa shape index (κ1) is 23.9. The quantitative estimate of drug-likeness (QED) is 0.463. The smallest absolute Gasteiger partial charge is 0.230 e. The van der Waals surface area contributed by atoms with Crippen LogP contribution in [0.25, 0.3) is 0 Å². The van der Waals surface area contributed by atoms with Crippen LogP contribution in [0.3, 0.4) is 0 Å². The average Bonchev–Trinajstić information content (AvgIpc) is 3.24. The summed E-state index contributed by atoms with van der Waals surface area (Å²) in [4.78, 5) is 22.9. The van der Waals surface area contributed by atoms with Crippen molar-refractivity contribution in [2.45, 2.75) is 32.6 Å². The lowest BCUT2D eigenvalue weighted by Gasteiger charge is -2.27. The van der Waals surface area contributed by atoms with E-state index in [4.69, 9.17) is 14.5 Å². The highest BCUT2D eigenvalue weighted by atomic mass is 16.5. The zero-order valence-corrected chi connectivity index (χ0v) is 21.2. The molecule has 0 aromatic heterocycles. The Morgan fingerprint density at radius 3 is 2.61 bits per heavy atom. The number of rotatable bonds is 4. The van der Waals surface area contributed by atoms with Gasteiger partial charge in [-0.1, -0.05) is 43.3 Å². The van der Waals surface area contributed by atoms with Crippen LogP contribution in [0.4, 0.5) is 5.69 Å². The van der Waals surface area contributed by atoms with Crippen LogP contribution in [-0.2, 0) is 4.79 Å². The second-order valence-electron chi connectivity index (χ2n) is 9.41. The molecule has 6 heteroatoms. The molecule has 2 aliphatic rings. The van der Waals surface area contributed by atoms with E-state index in [9.17, 15) is 4.79 Å². The maximum absolute atomic E-state index is 13.5. The lowest BCUT2D eigenvalue weighted by Crippen LogP contribution is -2.39. The number of nitrogens with zero attached hydrogens (tertiary/aromatic N) is 3. The van der Waals surface area contributed by atoms with Crippen molar-refractivity contribution in [1.29, 1.82) is 0 Å². The molecule has 1 amide bonds. The third kappa shape index (κ3) is 4.81. The van der Waals surface area contributed by atoms with E-state index in [1.54, 1.807) is 7.11 Å². The van der Waals surface area contributed by atoms with Gasteiger partial charge in [-0.3, -0.25) is 4.79 Å². The van der Waals surface area contributed by atoms with Gasteiger partial charge < -0.3 is 19.3 Å². The maximum atomic E-state index is 13.5. The number of benzene rings is 3. The SMILES string of the molecule is CC[C@@H](C(=O)N1CCCN(C2=Nc3ccc(C)cc3Oc3ccc(OC)cc32)CC1)c1ccccc1. The number of fused-ring (bicyclic) bond motifs is 2. The van der Waals surface area contributed by atoms with Crippen LogP contribution in [0.1, 0.15) is 42.4 Å². The van der Waals surface area contributed by atoms with Gasteiger partial charge in [0.25, 0.3) is 0 Å². The van der Waals surface area contributed by atoms with Gasteiger partial charge in [0, 0.05) is 26.2 Å². The van der Waals surface area contributed by atoms with Crippen LogP contribution >= 0.6 is 0 Å². The van der Waals surface area contributed by atoms with Gasteiger partial charge in [0.2, 0.25) is 5.91 Å². The van der Waals surface area contributed by atoms with Crippen LogP contribution < -0.4 is 9.47 Å². The highest BCUT2D eigenvalue weighted by Crippen LogP contribution is 2.40. The lowest BCUT2D eigenvalue weighted by molar-refractivity contribution is -0.132. The highest BCUT2D eigenvalue weighted by molar-refractivity contribution is 6.04. The topological polar surface area (TPSA) is 54.4 Å². The number of carbonyl (C=O) groups is 1. The van der Waals surface area contributed by atoms with Gasteiger partial charge in [0.1, 0.15) is 23.0 Å². The third-order valence-corrected chi connectivity index (χ3v) is 7.00. The molecule has 2 aliphatic heterocycles. The molecule has 0 saturated carbocycles. The summed E-state index contributed by atoms with van der Waals surface area (Å²) < 4.78 is 11.9. The molecule has 186 valence electrons. The van der Waals surface area contributed by atoms with Crippen LogP contribution in [0.2, 0.25) is 0 Å². The Hall–Kier alpha value is -3.80. The van der Waals surface area contributed by atoms with Crippen molar-refractivity contribution >= 4 is 17.4 Å². The van der Waals surface area contributed by atoms with Crippen molar-refractivity contribution in [2.75, 3.05) is 33.3 Å². The number of amidine groups is 1. The van der Waals surface area contributed by atoms with Crippen molar-refractivity contribution in [1.82, 2.24) is 9.80 Å². The second-order valence-corrected chi connectivity index (χ2v) is 9.41. The van der Waals surface area contributed by atoms with E-state index in [1.165, 1.54) is 0 Å². The van der Waals surface area contributed by atoms with E-state index in [2.05, 4.69) is 30.0 Å². The van der Waals surface area contributed by atoms with Crippen LogP contribution in [-0.4, -0.2) is 54.8 Å². The number of aryl methyl sites for hydroxylation is 1. The largest absolute Gasteiger partial charge is 0.497 e. The van der Waals surface area contributed by atoms with E-state index in [0.717, 1.165) is 71.4 Å². The molecule has 0 bridgehead atoms. The summed E-state index contributed by atoms with van der Waals surface area (Å²) in [5.41, 5.74) is 3.91. The molecule has 2 heterocycles. The van der Waals surface area contributed by atoms with Gasteiger partial charge in [-0.15, -0.1) is 0 Å². The summed E-state index contributed by atoms with van der Waals surface area (Å²) in [6, 6.07) is 22.0. The number of methoxy groups -OCH3 is 1. The molecule has 0 unspecified atom stereocenters. The minimum Gasteiger partial charge on any atom is -0.497 e. The van der Waals surface area contributed by atoms with Crippen molar-refractivity contribution in [3.63, 3.8) is 0 Å². The Morgan fingerprint density at radius 2 is 1.83 bits per heavy atom. The van der Waals surface area contributed by atoms with Crippen LogP contribution in [0.5, 0.6) is 17.2 Å². The molecule has 3 aromatic rings. The zero-order valence-electron chi connectivity index (χ0n) is 21.2. The van der Waals surface area contributed by atoms with Crippen LogP contribution in [0.15, 0.2) is 71.7 Å². The Labute approximate surface area is 213 Å². The van der Waals surface area contributed by atoms with Gasteiger partial charge in [0.15, 0.2) is 5.75 Å². The molecule has 5 rings (SSSR count). The summed E-state index contributed by atoms with van der Waals surface area (Å²) >= 11 is 0. The Morgan fingerprint density at radius 1 is 1.00 bits per heavy atom. The second kappa shape index (κ2) is 10.4. The molecule has 6 nitrogen and oxygen atoms in total. The van der Waals surface area contributed by atoms with Gasteiger partial charge in [-0.25, -0.2) is 4.99 Å². The number of ether oxygens (including phenoxy) is 2. The summed E-state index contributed by atoms with van der Waals surface area (Å²) in [7, 11) is 1.67. The Kier molecular flexibility index (Phi) is 6.94. The van der Waals surface area contributed by atoms with Gasteiger partial charge in [0.05, 0.1) is 18.6 Å². The molecule has 36 heavy (non-hydrogen) atoms. The van der Waals surface area contributed by atoms with Gasteiger partial charge in [-0.05, 0) is 61.2 Å². The van der Waals surface area contributed by atoms with E-state index >= 15 is 0 Å². The van der Waals surface area contributed by atoms with E-state index in [1.807, 2.05) is 60.4 Å². The fraction of sp³-hybridized carbons (Fsp3) is 0.333. The maximum Gasteiger partial charge on any atom is 0.230 e. The molecule has 1 atom stereocenters. The fourth-order valence-corrected chi connectivity index (χ4v) is 5.04. The standard InChI is InChI=1S/C30H33N3O3/c1-4-24(22-9-6-5-7-10-22)30(34)33-16-8-15-32(17-18-33)29-25-20-23(35-3)12-14-27(25)36-28-19-21(2)11-13-26(28)31-29/h5-7,9-14,19-20,24H,4,8,15-18H2,1-3H3/t24-/m1/s1. The minimum atomic E-state index is -0.110. The molecular weight excluding hydrogens is 450 g/mol. The number of hydrogen-bond donors (Lipinski definition) is 0. The molecule has 0 aliphatic carbocycles. The highest BCUT2D eigenvalue weighted by Gasteiger charge is 2.29. The molecular formula is C30H33N3O3. The number of amides is 1. The first-order valence-corrected chi connectivity index (χ1v) is 12.7. The Bertz CT molecular complexity index is 1270. The molecule has 0 spiro atoms. The van der Waals surface area contributed by atoms with Gasteiger partial charge in [-0.2, -0.15) is 0 Å². The molecule has 0 radical (unpaired) electrons. The monoisotopic (exact) mass is 483 g/mol. The number of aliphatic imine (C=N–C) groups is 1. The fourth-order valence-electron chi connectivity index (χ4n) is 5.04. The predicted octanol–water partition coefficient (Wildman–Crippen LogP) is 5.92. The minimum absolute atomic E-state index is 0.110. The van der Waals surface area contributed by atoms with E-state index < -0.39 is 0 Å². The summed E-state index contributed by atoms with van der Waals surface area (Å²) in [5, 5.41) is 0. The summed E-state index contributed by atoms with van der Waals surface area (Å²) in [5.74, 6) is 3.22. The Balaban J connectivity index is 1.44.